The van der Waals surface area contributed by atoms with Crippen LogP contribution in [-0.2, 0) is 20.9 Å². The number of carbonyl (C=O) groups excluding carboxylic acids is 2. The van der Waals surface area contributed by atoms with Crippen LogP contribution in [0.4, 0.5) is 10.1 Å². The van der Waals surface area contributed by atoms with Crippen molar-refractivity contribution < 1.29 is 27.9 Å². The molecule has 0 aliphatic heterocycles. The summed E-state index contributed by atoms with van der Waals surface area (Å²) in [6.07, 6.45) is 0. The van der Waals surface area contributed by atoms with Gasteiger partial charge in [-0.15, -0.1) is 0 Å². The molecule has 0 atom stereocenters. The predicted octanol–water partition coefficient (Wildman–Crippen LogP) is 4.32. The molecule has 3 rings (SSSR count). The first-order chi connectivity index (χ1) is 14.0. The molecule has 0 unspecified atom stereocenters. The number of likely N-dealkylation sites (N-methyl/N-ethyl adjacent to an activating group) is 1. The Labute approximate surface area is 167 Å². The van der Waals surface area contributed by atoms with E-state index in [0.29, 0.717) is 30.0 Å². The Morgan fingerprint density at radius 3 is 2.48 bits per heavy atom. The van der Waals surface area contributed by atoms with Crippen molar-refractivity contribution in [3.8, 4) is 0 Å². The van der Waals surface area contributed by atoms with Crippen LogP contribution in [-0.4, -0.2) is 31.6 Å². The second kappa shape index (κ2) is 9.34. The standard InChI is InChI=1S/C22H22FNO5/c1-3-24(16-11-9-15(23)10-12-16)20(25)14-28-22(26)21-18(13-27-4-2)17-7-5-6-8-19(17)29-21/h5-12H,3-4,13-14H2,1-2H3. The van der Waals surface area contributed by atoms with Gasteiger partial charge in [-0.2, -0.15) is 0 Å². The number of amides is 1. The van der Waals surface area contributed by atoms with Crippen LogP contribution < -0.4 is 4.90 Å². The lowest BCUT2D eigenvalue weighted by Crippen LogP contribution is -2.34. The third-order valence-corrected chi connectivity index (χ3v) is 4.42. The fraction of sp³-hybridized carbons (Fsp3) is 0.273. The van der Waals surface area contributed by atoms with Gasteiger partial charge in [0.2, 0.25) is 5.76 Å². The van der Waals surface area contributed by atoms with E-state index in [1.807, 2.05) is 19.1 Å². The highest BCUT2D eigenvalue weighted by molar-refractivity contribution is 5.99. The van der Waals surface area contributed by atoms with Gasteiger partial charge in [0.05, 0.1) is 6.61 Å². The number of hydrogen-bond donors (Lipinski definition) is 0. The molecule has 0 spiro atoms. The molecule has 3 aromatic rings. The van der Waals surface area contributed by atoms with Crippen molar-refractivity contribution in [1.82, 2.24) is 0 Å². The molecular formula is C22H22FNO5. The van der Waals surface area contributed by atoms with Crippen LogP contribution in [0.3, 0.4) is 0 Å². The van der Waals surface area contributed by atoms with Gasteiger partial charge < -0.3 is 18.8 Å². The molecule has 29 heavy (non-hydrogen) atoms. The minimum Gasteiger partial charge on any atom is -0.450 e. The highest BCUT2D eigenvalue weighted by atomic mass is 19.1. The van der Waals surface area contributed by atoms with Crippen LogP contribution in [0.5, 0.6) is 0 Å². The van der Waals surface area contributed by atoms with Crippen molar-refractivity contribution in [3.05, 3.63) is 65.7 Å². The fourth-order valence-corrected chi connectivity index (χ4v) is 3.01. The Balaban J connectivity index is 1.74. The topological polar surface area (TPSA) is 69.0 Å². The van der Waals surface area contributed by atoms with E-state index < -0.39 is 24.3 Å². The quantitative estimate of drug-likeness (QED) is 0.528. The lowest BCUT2D eigenvalue weighted by molar-refractivity contribution is -0.121. The van der Waals surface area contributed by atoms with Gasteiger partial charge in [-0.3, -0.25) is 4.79 Å². The molecule has 1 amide bonds. The van der Waals surface area contributed by atoms with Crippen molar-refractivity contribution in [2.45, 2.75) is 20.5 Å². The van der Waals surface area contributed by atoms with Crippen molar-refractivity contribution in [3.63, 3.8) is 0 Å². The number of anilines is 1. The number of nitrogens with zero attached hydrogens (tertiary/aromatic N) is 1. The van der Waals surface area contributed by atoms with Gasteiger partial charge in [0.1, 0.15) is 11.4 Å². The Morgan fingerprint density at radius 1 is 1.07 bits per heavy atom. The molecule has 2 aromatic carbocycles. The first-order valence-electron chi connectivity index (χ1n) is 9.36. The molecule has 0 saturated heterocycles. The molecule has 0 aliphatic carbocycles. The molecule has 7 heteroatoms. The number of esters is 1. The van der Waals surface area contributed by atoms with Crippen LogP contribution in [0.1, 0.15) is 30.0 Å². The number of benzene rings is 2. The number of furan rings is 1. The van der Waals surface area contributed by atoms with Gasteiger partial charge in [-0.25, -0.2) is 9.18 Å². The number of fused-ring (bicyclic) bond motifs is 1. The average Bonchev–Trinajstić information content (AvgIpc) is 3.11. The SMILES string of the molecule is CCOCc1c(C(=O)OCC(=O)N(CC)c2ccc(F)cc2)oc2ccccc12. The highest BCUT2D eigenvalue weighted by Crippen LogP contribution is 2.27. The monoisotopic (exact) mass is 399 g/mol. The highest BCUT2D eigenvalue weighted by Gasteiger charge is 2.24. The van der Waals surface area contributed by atoms with Crippen LogP contribution in [0, 0.1) is 5.82 Å². The van der Waals surface area contributed by atoms with Gasteiger partial charge in [0.15, 0.2) is 6.61 Å². The Hall–Kier alpha value is -3.19. The van der Waals surface area contributed by atoms with Gasteiger partial charge in [-0.1, -0.05) is 18.2 Å². The average molecular weight is 399 g/mol. The largest absolute Gasteiger partial charge is 0.450 e. The predicted molar refractivity (Wildman–Crippen MR) is 106 cm³/mol. The normalized spacial score (nSPS) is 10.9. The van der Waals surface area contributed by atoms with Crippen molar-refractivity contribution >= 4 is 28.5 Å². The summed E-state index contributed by atoms with van der Waals surface area (Å²) in [5, 5.41) is 0.765. The molecular weight excluding hydrogens is 377 g/mol. The summed E-state index contributed by atoms with van der Waals surface area (Å²) in [6, 6.07) is 12.8. The van der Waals surface area contributed by atoms with E-state index in [4.69, 9.17) is 13.9 Å². The van der Waals surface area contributed by atoms with E-state index >= 15 is 0 Å². The van der Waals surface area contributed by atoms with Crippen molar-refractivity contribution in [1.29, 1.82) is 0 Å². The summed E-state index contributed by atoms with van der Waals surface area (Å²) in [5.74, 6) is -1.53. The molecule has 0 aliphatic rings. The molecule has 6 nitrogen and oxygen atoms in total. The minimum absolute atomic E-state index is 0.0253. The number of carbonyl (C=O) groups is 2. The zero-order chi connectivity index (χ0) is 20.8. The van der Waals surface area contributed by atoms with E-state index in [9.17, 15) is 14.0 Å². The molecule has 0 radical (unpaired) electrons. The zero-order valence-electron chi connectivity index (χ0n) is 16.3. The van der Waals surface area contributed by atoms with E-state index in [1.54, 1.807) is 19.1 Å². The smallest absolute Gasteiger partial charge is 0.375 e. The number of para-hydroxylation sites is 1. The Morgan fingerprint density at radius 2 is 1.79 bits per heavy atom. The maximum atomic E-state index is 13.1. The van der Waals surface area contributed by atoms with E-state index in [-0.39, 0.29) is 12.4 Å². The summed E-state index contributed by atoms with van der Waals surface area (Å²) < 4.78 is 29.4. The van der Waals surface area contributed by atoms with Crippen LogP contribution in [0.2, 0.25) is 0 Å². The van der Waals surface area contributed by atoms with Crippen molar-refractivity contribution in [2.24, 2.45) is 0 Å². The summed E-state index contributed by atoms with van der Waals surface area (Å²) >= 11 is 0. The zero-order valence-corrected chi connectivity index (χ0v) is 16.3. The molecule has 1 heterocycles. The number of hydrogen-bond acceptors (Lipinski definition) is 5. The summed E-state index contributed by atoms with van der Waals surface area (Å²) in [7, 11) is 0. The van der Waals surface area contributed by atoms with Crippen LogP contribution in [0.15, 0.2) is 52.9 Å². The molecule has 152 valence electrons. The third kappa shape index (κ3) is 4.63. The minimum atomic E-state index is -0.737. The molecule has 0 N–H and O–H groups in total. The summed E-state index contributed by atoms with van der Waals surface area (Å²) in [6.45, 7) is 4.20. The van der Waals surface area contributed by atoms with Gasteiger partial charge in [0.25, 0.3) is 5.91 Å². The van der Waals surface area contributed by atoms with Gasteiger partial charge in [0, 0.05) is 29.8 Å². The summed E-state index contributed by atoms with van der Waals surface area (Å²) in [4.78, 5) is 26.5. The first kappa shape index (κ1) is 20.5. The number of halogens is 1. The number of rotatable bonds is 8. The fourth-order valence-electron chi connectivity index (χ4n) is 3.01. The van der Waals surface area contributed by atoms with E-state index in [2.05, 4.69) is 0 Å². The van der Waals surface area contributed by atoms with E-state index in [0.717, 1.165) is 5.39 Å². The first-order valence-corrected chi connectivity index (χ1v) is 9.36. The molecule has 1 aromatic heterocycles. The van der Waals surface area contributed by atoms with Crippen LogP contribution in [0.25, 0.3) is 11.0 Å². The Bertz CT molecular complexity index is 996. The number of ether oxygens (including phenoxy) is 2. The van der Waals surface area contributed by atoms with Crippen molar-refractivity contribution in [2.75, 3.05) is 24.7 Å². The molecule has 0 bridgehead atoms. The van der Waals surface area contributed by atoms with Crippen LogP contribution >= 0.6 is 0 Å². The second-order valence-corrected chi connectivity index (χ2v) is 6.23. The van der Waals surface area contributed by atoms with Gasteiger partial charge in [-0.05, 0) is 44.2 Å². The maximum absolute atomic E-state index is 13.1. The molecule has 0 fully saturated rings. The lowest BCUT2D eigenvalue weighted by Gasteiger charge is -2.20. The molecule has 0 saturated carbocycles. The van der Waals surface area contributed by atoms with E-state index in [1.165, 1.54) is 29.2 Å². The summed E-state index contributed by atoms with van der Waals surface area (Å²) in [5.41, 5.74) is 1.66. The second-order valence-electron chi connectivity index (χ2n) is 6.23. The lowest BCUT2D eigenvalue weighted by atomic mass is 10.1. The third-order valence-electron chi connectivity index (χ3n) is 4.42. The maximum Gasteiger partial charge on any atom is 0.375 e. The van der Waals surface area contributed by atoms with Gasteiger partial charge >= 0.3 is 5.97 Å². The Kier molecular flexibility index (Phi) is 6.61.